The summed E-state index contributed by atoms with van der Waals surface area (Å²) in [5.74, 6) is 0.700. The van der Waals surface area contributed by atoms with Crippen molar-refractivity contribution in [3.8, 4) is 11.5 Å². The van der Waals surface area contributed by atoms with Gasteiger partial charge in [0, 0.05) is 25.6 Å². The number of amides is 1. The average Bonchev–Trinajstić information content (AvgIpc) is 2.73. The predicted octanol–water partition coefficient (Wildman–Crippen LogP) is 6.87. The highest BCUT2D eigenvalue weighted by Gasteiger charge is 2.13. The molecule has 3 aromatic rings. The number of benzene rings is 3. The van der Waals surface area contributed by atoms with Crippen LogP contribution in [-0.2, 0) is 6.61 Å². The van der Waals surface area contributed by atoms with E-state index in [1.807, 2.05) is 6.07 Å². The van der Waals surface area contributed by atoms with E-state index in [1.165, 1.54) is 6.21 Å². The first kappa shape index (κ1) is 23.6. The van der Waals surface area contributed by atoms with Crippen LogP contribution in [0.4, 0.5) is 0 Å². The molecule has 0 unspecified atom stereocenters. The van der Waals surface area contributed by atoms with Crippen LogP contribution in [0, 0.1) is 0 Å². The third kappa shape index (κ3) is 6.46. The number of carbonyl (C=O) groups excluding carboxylic acids is 1. The van der Waals surface area contributed by atoms with E-state index in [-0.39, 0.29) is 12.5 Å². The number of methoxy groups -OCH3 is 1. The molecule has 9 heteroatoms. The SMILES string of the molecule is COc1cc(/C=N\NC(=O)c2cccc(Br)c2)cc(Br)c1OCc1ccc(Cl)cc1Cl. The molecule has 0 bridgehead atoms. The Morgan fingerprint density at radius 1 is 1.13 bits per heavy atom. The summed E-state index contributed by atoms with van der Waals surface area (Å²) < 4.78 is 12.8. The van der Waals surface area contributed by atoms with Crippen LogP contribution in [0.2, 0.25) is 10.0 Å². The second kappa shape index (κ2) is 11.0. The van der Waals surface area contributed by atoms with E-state index >= 15 is 0 Å². The molecule has 0 aliphatic heterocycles. The van der Waals surface area contributed by atoms with Crippen molar-refractivity contribution in [3.05, 3.63) is 90.3 Å². The van der Waals surface area contributed by atoms with E-state index in [9.17, 15) is 4.79 Å². The van der Waals surface area contributed by atoms with Gasteiger partial charge in [-0.2, -0.15) is 5.10 Å². The number of halogens is 4. The second-order valence-corrected chi connectivity index (χ2v) is 8.88. The molecule has 3 aromatic carbocycles. The largest absolute Gasteiger partial charge is 0.493 e. The molecule has 0 aliphatic carbocycles. The van der Waals surface area contributed by atoms with Crippen molar-refractivity contribution >= 4 is 67.2 Å². The van der Waals surface area contributed by atoms with Crippen molar-refractivity contribution in [2.75, 3.05) is 7.11 Å². The van der Waals surface area contributed by atoms with Gasteiger partial charge in [-0.3, -0.25) is 4.79 Å². The Morgan fingerprint density at radius 3 is 2.65 bits per heavy atom. The van der Waals surface area contributed by atoms with Gasteiger partial charge >= 0.3 is 0 Å². The van der Waals surface area contributed by atoms with E-state index in [0.717, 1.165) is 10.0 Å². The zero-order valence-corrected chi connectivity index (χ0v) is 20.8. The van der Waals surface area contributed by atoms with Gasteiger partial charge in [-0.25, -0.2) is 5.43 Å². The normalized spacial score (nSPS) is 10.9. The smallest absolute Gasteiger partial charge is 0.271 e. The summed E-state index contributed by atoms with van der Waals surface area (Å²) in [5.41, 5.74) is 4.49. The molecular weight excluding hydrogens is 571 g/mol. The van der Waals surface area contributed by atoms with E-state index in [0.29, 0.717) is 37.1 Å². The Bertz CT molecular complexity index is 1140. The van der Waals surface area contributed by atoms with Crippen molar-refractivity contribution < 1.29 is 14.3 Å². The molecule has 5 nitrogen and oxygen atoms in total. The molecule has 3 rings (SSSR count). The minimum Gasteiger partial charge on any atom is -0.493 e. The Balaban J connectivity index is 1.71. The van der Waals surface area contributed by atoms with E-state index in [1.54, 1.807) is 55.6 Å². The van der Waals surface area contributed by atoms with Crippen LogP contribution in [-0.4, -0.2) is 19.2 Å². The van der Waals surface area contributed by atoms with E-state index in [2.05, 4.69) is 42.4 Å². The van der Waals surface area contributed by atoms with Crippen molar-refractivity contribution in [2.45, 2.75) is 6.61 Å². The quantitative estimate of drug-likeness (QED) is 0.243. The summed E-state index contributed by atoms with van der Waals surface area (Å²) in [4.78, 5) is 12.2. The summed E-state index contributed by atoms with van der Waals surface area (Å²) in [5, 5.41) is 5.10. The van der Waals surface area contributed by atoms with Crippen LogP contribution in [0.25, 0.3) is 0 Å². The van der Waals surface area contributed by atoms with Crippen molar-refractivity contribution in [1.29, 1.82) is 0 Å². The topological polar surface area (TPSA) is 59.9 Å². The number of nitrogens with zero attached hydrogens (tertiary/aromatic N) is 1. The molecule has 1 amide bonds. The lowest BCUT2D eigenvalue weighted by Gasteiger charge is -2.14. The van der Waals surface area contributed by atoms with Crippen LogP contribution in [0.1, 0.15) is 21.5 Å². The highest BCUT2D eigenvalue weighted by molar-refractivity contribution is 9.10. The van der Waals surface area contributed by atoms with Crippen molar-refractivity contribution in [1.82, 2.24) is 5.43 Å². The molecule has 0 atom stereocenters. The Kier molecular flexibility index (Phi) is 8.37. The molecular formula is C22H16Br2Cl2N2O3. The number of hydrazone groups is 1. The first-order valence-electron chi connectivity index (χ1n) is 8.90. The lowest BCUT2D eigenvalue weighted by molar-refractivity contribution is 0.0955. The zero-order chi connectivity index (χ0) is 22.4. The molecule has 0 spiro atoms. The van der Waals surface area contributed by atoms with Crippen LogP contribution in [0.5, 0.6) is 11.5 Å². The Morgan fingerprint density at radius 2 is 1.94 bits per heavy atom. The van der Waals surface area contributed by atoms with Gasteiger partial charge in [0.15, 0.2) is 11.5 Å². The summed E-state index contributed by atoms with van der Waals surface area (Å²) >= 11 is 19.0. The van der Waals surface area contributed by atoms with Crippen LogP contribution in [0.15, 0.2) is 68.6 Å². The summed E-state index contributed by atoms with van der Waals surface area (Å²) in [6, 6.07) is 15.8. The van der Waals surface area contributed by atoms with E-state index in [4.69, 9.17) is 32.7 Å². The molecule has 160 valence electrons. The molecule has 0 saturated heterocycles. The van der Waals surface area contributed by atoms with Crippen LogP contribution in [0.3, 0.4) is 0 Å². The fourth-order valence-corrected chi connectivity index (χ4v) is 4.04. The highest BCUT2D eigenvalue weighted by Crippen LogP contribution is 2.37. The lowest BCUT2D eigenvalue weighted by atomic mass is 10.2. The molecule has 31 heavy (non-hydrogen) atoms. The molecule has 0 fully saturated rings. The highest BCUT2D eigenvalue weighted by atomic mass is 79.9. The molecule has 0 aromatic heterocycles. The maximum absolute atomic E-state index is 12.2. The summed E-state index contributed by atoms with van der Waals surface area (Å²) in [6.45, 7) is 0.237. The number of hydrogen-bond donors (Lipinski definition) is 1. The zero-order valence-electron chi connectivity index (χ0n) is 16.2. The number of ether oxygens (including phenoxy) is 2. The molecule has 0 aliphatic rings. The van der Waals surface area contributed by atoms with Gasteiger partial charge in [-0.1, -0.05) is 51.3 Å². The minimum atomic E-state index is -0.316. The summed E-state index contributed by atoms with van der Waals surface area (Å²) in [6.07, 6.45) is 1.52. The van der Waals surface area contributed by atoms with Crippen LogP contribution < -0.4 is 14.9 Å². The van der Waals surface area contributed by atoms with Gasteiger partial charge in [0.1, 0.15) is 6.61 Å². The number of hydrogen-bond acceptors (Lipinski definition) is 4. The van der Waals surface area contributed by atoms with Gasteiger partial charge in [-0.15, -0.1) is 0 Å². The first-order valence-corrected chi connectivity index (χ1v) is 11.2. The average molecular weight is 587 g/mol. The van der Waals surface area contributed by atoms with Gasteiger partial charge in [0.2, 0.25) is 0 Å². The Hall–Kier alpha value is -2.06. The number of carbonyl (C=O) groups is 1. The van der Waals surface area contributed by atoms with Crippen LogP contribution >= 0.6 is 55.1 Å². The third-order valence-electron chi connectivity index (χ3n) is 4.11. The molecule has 0 saturated carbocycles. The lowest BCUT2D eigenvalue weighted by Crippen LogP contribution is -2.17. The van der Waals surface area contributed by atoms with Gasteiger partial charge in [0.25, 0.3) is 5.91 Å². The van der Waals surface area contributed by atoms with Crippen molar-refractivity contribution in [2.24, 2.45) is 5.10 Å². The van der Waals surface area contributed by atoms with Gasteiger partial charge < -0.3 is 9.47 Å². The van der Waals surface area contributed by atoms with E-state index < -0.39 is 0 Å². The number of nitrogens with one attached hydrogen (secondary N) is 1. The predicted molar refractivity (Wildman–Crippen MR) is 131 cm³/mol. The summed E-state index contributed by atoms with van der Waals surface area (Å²) in [7, 11) is 1.54. The minimum absolute atomic E-state index is 0.237. The van der Waals surface area contributed by atoms with Crippen molar-refractivity contribution in [3.63, 3.8) is 0 Å². The second-order valence-electron chi connectivity index (χ2n) is 6.27. The Labute approximate surface area is 206 Å². The maximum atomic E-state index is 12.2. The molecule has 0 heterocycles. The molecule has 0 radical (unpaired) electrons. The first-order chi connectivity index (χ1) is 14.9. The standard InChI is InChI=1S/C22H16Br2Cl2N2O3/c1-30-20-8-13(11-27-28-22(29)14-3-2-4-16(23)9-14)7-18(24)21(20)31-12-15-5-6-17(25)10-19(15)26/h2-11H,12H2,1H3,(H,28,29)/b27-11-. The monoisotopic (exact) mass is 584 g/mol. The fourth-order valence-electron chi connectivity index (χ4n) is 2.60. The van der Waals surface area contributed by atoms with Gasteiger partial charge in [-0.05, 0) is 64.0 Å². The number of rotatable bonds is 7. The fraction of sp³-hybridized carbons (Fsp3) is 0.0909. The third-order valence-corrected chi connectivity index (χ3v) is 5.77. The van der Waals surface area contributed by atoms with Gasteiger partial charge in [0.05, 0.1) is 17.8 Å². The molecule has 1 N–H and O–H groups in total. The maximum Gasteiger partial charge on any atom is 0.271 e.